The number of hydrogen-bond donors (Lipinski definition) is 0. The van der Waals surface area contributed by atoms with E-state index in [0.29, 0.717) is 0 Å². The highest BCUT2D eigenvalue weighted by atomic mass is 14.7. The first-order valence-corrected chi connectivity index (χ1v) is 9.18. The van der Waals surface area contributed by atoms with E-state index in [2.05, 4.69) is 61.0 Å². The second-order valence-corrected chi connectivity index (χ2v) is 5.59. The highest BCUT2D eigenvalue weighted by molar-refractivity contribution is 6.06. The summed E-state index contributed by atoms with van der Waals surface area (Å²) in [5.74, 6) is 0. The van der Waals surface area contributed by atoms with E-state index in [-0.39, 0.29) is 0 Å². The van der Waals surface area contributed by atoms with Gasteiger partial charge in [-0.25, -0.2) is 0 Å². The molecule has 2 heteroatoms. The largest absolute Gasteiger partial charge is 0.297 e. The van der Waals surface area contributed by atoms with E-state index in [1.165, 1.54) is 21.9 Å². The second-order valence-electron chi connectivity index (χ2n) is 5.59. The van der Waals surface area contributed by atoms with Crippen LogP contribution < -0.4 is 0 Å². The van der Waals surface area contributed by atoms with Crippen LogP contribution in [0.25, 0.3) is 21.7 Å². The Balaban J connectivity index is 0.000000290. The van der Waals surface area contributed by atoms with Crippen molar-refractivity contribution in [2.24, 2.45) is 4.99 Å². The zero-order valence-electron chi connectivity index (χ0n) is 16.7. The van der Waals surface area contributed by atoms with Crippen LogP contribution >= 0.6 is 0 Å². The summed E-state index contributed by atoms with van der Waals surface area (Å²) in [5, 5.41) is 3.84. The van der Waals surface area contributed by atoms with Crippen molar-refractivity contribution in [1.82, 2.24) is 4.98 Å². The molecule has 2 nitrogen and oxygen atoms in total. The highest BCUT2D eigenvalue weighted by Gasteiger charge is 2.05. The lowest BCUT2D eigenvalue weighted by atomic mass is 10.0. The van der Waals surface area contributed by atoms with Gasteiger partial charge in [-0.2, -0.15) is 0 Å². The lowest BCUT2D eigenvalue weighted by molar-refractivity contribution is 1.08. The standard InChI is InChI=1S/C15H13N.C7H11N.C2H6/c1-2-14-12-8-4-3-7-11(12)13-9-5-6-10-15(13)16-14;1-7(2)5-4-6-8-3;1-2/h3-10H,2H2,1H3;4-6H,1H2,2-3H3;1-2H3/b;5-4-,8-6?;. The summed E-state index contributed by atoms with van der Waals surface area (Å²) < 4.78 is 0. The van der Waals surface area contributed by atoms with E-state index in [1.54, 1.807) is 13.3 Å². The van der Waals surface area contributed by atoms with Crippen molar-refractivity contribution in [3.8, 4) is 0 Å². The summed E-state index contributed by atoms with van der Waals surface area (Å²) >= 11 is 0. The molecule has 2 aromatic carbocycles. The molecule has 0 amide bonds. The fourth-order valence-electron chi connectivity index (χ4n) is 2.54. The van der Waals surface area contributed by atoms with Crippen molar-refractivity contribution in [3.05, 3.63) is 78.5 Å². The van der Waals surface area contributed by atoms with Gasteiger partial charge < -0.3 is 0 Å². The molecular weight excluding hydrogens is 316 g/mol. The maximum Gasteiger partial charge on any atom is 0.0711 e. The monoisotopic (exact) mass is 346 g/mol. The number of aliphatic imine (C=N–C) groups is 1. The number of aryl methyl sites for hydroxylation is 1. The molecule has 0 saturated carbocycles. The zero-order chi connectivity index (χ0) is 19.4. The number of fused-ring (bicyclic) bond motifs is 3. The summed E-state index contributed by atoms with van der Waals surface area (Å²) in [6.45, 7) is 11.8. The van der Waals surface area contributed by atoms with Crippen LogP contribution in [0.15, 0.2) is 77.8 Å². The molecule has 0 bridgehead atoms. The van der Waals surface area contributed by atoms with Gasteiger partial charge in [0.25, 0.3) is 0 Å². The van der Waals surface area contributed by atoms with Crippen LogP contribution in [-0.2, 0) is 6.42 Å². The molecule has 0 atom stereocenters. The van der Waals surface area contributed by atoms with Crippen LogP contribution in [0, 0.1) is 0 Å². The summed E-state index contributed by atoms with van der Waals surface area (Å²) in [6, 6.07) is 16.9. The molecule has 0 N–H and O–H groups in total. The number of pyridine rings is 1. The van der Waals surface area contributed by atoms with Crippen LogP contribution in [0.2, 0.25) is 0 Å². The smallest absolute Gasteiger partial charge is 0.0711 e. The molecule has 1 aromatic heterocycles. The van der Waals surface area contributed by atoms with Crippen LogP contribution in [0.5, 0.6) is 0 Å². The lowest BCUT2D eigenvalue weighted by Gasteiger charge is -2.07. The number of allylic oxidation sites excluding steroid dienone is 3. The number of nitrogens with zero attached hydrogens (tertiary/aromatic N) is 2. The third-order valence-corrected chi connectivity index (χ3v) is 3.64. The average Bonchev–Trinajstić information content (AvgIpc) is 2.69. The summed E-state index contributed by atoms with van der Waals surface area (Å²) in [5.41, 5.74) is 3.33. The molecule has 26 heavy (non-hydrogen) atoms. The minimum atomic E-state index is 0.978. The van der Waals surface area contributed by atoms with Crippen LogP contribution in [0.3, 0.4) is 0 Å². The van der Waals surface area contributed by atoms with Crippen molar-refractivity contribution >= 4 is 27.9 Å². The van der Waals surface area contributed by atoms with Gasteiger partial charge in [-0.15, -0.1) is 0 Å². The molecule has 0 saturated heterocycles. The van der Waals surface area contributed by atoms with Crippen molar-refractivity contribution < 1.29 is 0 Å². The van der Waals surface area contributed by atoms with E-state index in [1.807, 2.05) is 39.0 Å². The molecule has 3 rings (SSSR count). The minimum Gasteiger partial charge on any atom is -0.297 e. The molecule has 0 aliphatic carbocycles. The Morgan fingerprint density at radius 3 is 2.15 bits per heavy atom. The van der Waals surface area contributed by atoms with Gasteiger partial charge in [0.05, 0.1) is 5.52 Å². The van der Waals surface area contributed by atoms with Gasteiger partial charge in [0.15, 0.2) is 0 Å². The topological polar surface area (TPSA) is 25.2 Å². The van der Waals surface area contributed by atoms with E-state index < -0.39 is 0 Å². The Bertz CT molecular complexity index is 889. The minimum absolute atomic E-state index is 0.978. The van der Waals surface area contributed by atoms with Crippen LogP contribution in [0.1, 0.15) is 33.4 Å². The fourth-order valence-corrected chi connectivity index (χ4v) is 2.54. The van der Waals surface area contributed by atoms with E-state index in [0.717, 1.165) is 17.5 Å². The molecule has 0 spiro atoms. The second kappa shape index (κ2) is 11.8. The Morgan fingerprint density at radius 2 is 1.58 bits per heavy atom. The third kappa shape index (κ3) is 5.96. The molecule has 1 heterocycles. The Labute approximate surface area is 158 Å². The number of hydrogen-bond acceptors (Lipinski definition) is 2. The van der Waals surface area contributed by atoms with Gasteiger partial charge in [-0.05, 0) is 30.9 Å². The average molecular weight is 347 g/mol. The molecular formula is C24H30N2. The Hall–Kier alpha value is -2.74. The molecule has 136 valence electrons. The molecule has 3 aromatic rings. The molecule has 0 radical (unpaired) electrons. The quantitative estimate of drug-likeness (QED) is 0.291. The Kier molecular flexibility index (Phi) is 9.63. The first-order valence-electron chi connectivity index (χ1n) is 9.18. The van der Waals surface area contributed by atoms with Gasteiger partial charge in [-0.3, -0.25) is 9.98 Å². The van der Waals surface area contributed by atoms with E-state index in [9.17, 15) is 0 Å². The first kappa shape index (κ1) is 21.3. The fraction of sp³-hybridized carbons (Fsp3) is 0.250. The van der Waals surface area contributed by atoms with Crippen molar-refractivity contribution in [2.75, 3.05) is 7.05 Å². The SMILES string of the molecule is C=C(C)/C=C\C=NC.CC.CCc1nc2ccccc2c2ccccc12. The van der Waals surface area contributed by atoms with Gasteiger partial charge in [-0.1, -0.05) is 81.5 Å². The number of para-hydroxylation sites is 1. The van der Waals surface area contributed by atoms with Crippen molar-refractivity contribution in [3.63, 3.8) is 0 Å². The van der Waals surface area contributed by atoms with Crippen molar-refractivity contribution in [1.29, 1.82) is 0 Å². The summed E-state index contributed by atoms with van der Waals surface area (Å²) in [7, 11) is 1.74. The molecule has 0 aliphatic heterocycles. The highest BCUT2D eigenvalue weighted by Crippen LogP contribution is 2.26. The number of aromatic nitrogens is 1. The number of benzene rings is 2. The molecule has 0 unspecified atom stereocenters. The van der Waals surface area contributed by atoms with E-state index in [4.69, 9.17) is 4.98 Å². The summed E-state index contributed by atoms with van der Waals surface area (Å²) in [4.78, 5) is 8.48. The van der Waals surface area contributed by atoms with E-state index >= 15 is 0 Å². The van der Waals surface area contributed by atoms with Crippen LogP contribution in [0.4, 0.5) is 0 Å². The third-order valence-electron chi connectivity index (χ3n) is 3.64. The Morgan fingerprint density at radius 1 is 1.00 bits per heavy atom. The predicted octanol–water partition coefficient (Wildman–Crippen LogP) is 6.80. The predicted molar refractivity (Wildman–Crippen MR) is 118 cm³/mol. The zero-order valence-corrected chi connectivity index (χ0v) is 16.7. The van der Waals surface area contributed by atoms with Crippen molar-refractivity contribution in [2.45, 2.75) is 34.1 Å². The van der Waals surface area contributed by atoms with Crippen LogP contribution in [-0.4, -0.2) is 18.2 Å². The van der Waals surface area contributed by atoms with Gasteiger partial charge in [0.2, 0.25) is 0 Å². The van der Waals surface area contributed by atoms with Gasteiger partial charge in [0.1, 0.15) is 0 Å². The molecule has 0 aliphatic rings. The maximum absolute atomic E-state index is 4.72. The molecule has 0 fully saturated rings. The maximum atomic E-state index is 4.72. The van der Waals surface area contributed by atoms with Gasteiger partial charge >= 0.3 is 0 Å². The normalized spacial score (nSPS) is 10.5. The lowest BCUT2D eigenvalue weighted by Crippen LogP contribution is -1.91. The number of rotatable bonds is 3. The first-order chi connectivity index (χ1) is 12.7. The van der Waals surface area contributed by atoms with Gasteiger partial charge in [0, 0.05) is 29.7 Å². The summed E-state index contributed by atoms with van der Waals surface area (Å²) in [6.07, 6.45) is 6.48.